The average Bonchev–Trinajstić information content (AvgIpc) is 2.98. The largest absolute Gasteiger partial charge is 0.488 e. The number of nitro groups is 1. The third-order valence-electron chi connectivity index (χ3n) is 4.19. The summed E-state index contributed by atoms with van der Waals surface area (Å²) >= 11 is 3.04. The lowest BCUT2D eigenvalue weighted by Crippen LogP contribution is -2.31. The minimum atomic E-state index is -0.446. The van der Waals surface area contributed by atoms with Crippen molar-refractivity contribution in [3.05, 3.63) is 72.2 Å². The van der Waals surface area contributed by atoms with Gasteiger partial charge < -0.3 is 9.47 Å². The van der Waals surface area contributed by atoms with Gasteiger partial charge in [-0.1, -0.05) is 6.07 Å². The number of thioether (sulfide) groups is 1. The molecule has 0 unspecified atom stereocenters. The Labute approximate surface area is 190 Å². The van der Waals surface area contributed by atoms with E-state index in [0.717, 1.165) is 26.5 Å². The van der Waals surface area contributed by atoms with Gasteiger partial charge in [-0.05, 0) is 75.8 Å². The molecule has 0 aromatic heterocycles. The van der Waals surface area contributed by atoms with Gasteiger partial charge in [-0.15, -0.1) is 0 Å². The highest BCUT2D eigenvalue weighted by molar-refractivity contribution is 14.1. The predicted molar refractivity (Wildman–Crippen MR) is 121 cm³/mol. The van der Waals surface area contributed by atoms with Crippen LogP contribution in [-0.4, -0.2) is 41.2 Å². The Morgan fingerprint density at radius 1 is 1.20 bits per heavy atom. The van der Waals surface area contributed by atoms with Crippen molar-refractivity contribution in [3.8, 4) is 5.75 Å². The number of benzene rings is 2. The topological polar surface area (TPSA) is 99.0 Å². The van der Waals surface area contributed by atoms with Crippen LogP contribution in [0.5, 0.6) is 5.75 Å². The van der Waals surface area contributed by atoms with Crippen molar-refractivity contribution in [2.24, 2.45) is 0 Å². The van der Waals surface area contributed by atoms with E-state index in [-0.39, 0.29) is 30.0 Å². The van der Waals surface area contributed by atoms with Crippen LogP contribution in [0.2, 0.25) is 0 Å². The van der Waals surface area contributed by atoms with Crippen LogP contribution in [0.25, 0.3) is 6.08 Å². The third-order valence-corrected chi connectivity index (χ3v) is 5.94. The fourth-order valence-corrected chi connectivity index (χ4v) is 4.19. The molecule has 1 saturated heterocycles. The molecule has 30 heavy (non-hydrogen) atoms. The Morgan fingerprint density at radius 2 is 1.93 bits per heavy atom. The predicted octanol–water partition coefficient (Wildman–Crippen LogP) is 4.46. The van der Waals surface area contributed by atoms with Gasteiger partial charge in [0.2, 0.25) is 0 Å². The molecule has 0 saturated carbocycles. The number of rotatable bonds is 8. The highest BCUT2D eigenvalue weighted by atomic mass is 127. The number of methoxy groups -OCH3 is 1. The molecule has 0 bridgehead atoms. The first-order valence-electron chi connectivity index (χ1n) is 8.79. The molecule has 10 heteroatoms. The van der Waals surface area contributed by atoms with E-state index in [9.17, 15) is 19.7 Å². The Bertz CT molecular complexity index is 1010. The molecule has 0 spiro atoms. The van der Waals surface area contributed by atoms with Crippen molar-refractivity contribution in [3.63, 3.8) is 0 Å². The number of nitro benzene ring substituents is 1. The number of imide groups is 1. The average molecular weight is 540 g/mol. The second-order valence-electron chi connectivity index (χ2n) is 6.23. The number of non-ortho nitro benzene ring substituents is 1. The first kappa shape index (κ1) is 22.2. The van der Waals surface area contributed by atoms with Crippen molar-refractivity contribution in [1.29, 1.82) is 0 Å². The molecule has 1 heterocycles. The van der Waals surface area contributed by atoms with Gasteiger partial charge in [-0.2, -0.15) is 0 Å². The standard InChI is InChI=1S/C20H17IN2O6S/c1-28-9-8-22-19(24)18(30-20(22)25)11-14-4-7-17(16(21)10-14)29-12-13-2-5-15(6-3-13)23(26)27/h2-7,10-11H,8-9,12H2,1H3/b18-11+. The maximum Gasteiger partial charge on any atom is 0.293 e. The lowest BCUT2D eigenvalue weighted by atomic mass is 10.2. The second kappa shape index (κ2) is 10.0. The van der Waals surface area contributed by atoms with Gasteiger partial charge in [0.25, 0.3) is 16.8 Å². The molecule has 1 aliphatic rings. The van der Waals surface area contributed by atoms with E-state index in [1.807, 2.05) is 6.07 Å². The molecule has 0 radical (unpaired) electrons. The number of nitrogens with zero attached hydrogens (tertiary/aromatic N) is 2. The van der Waals surface area contributed by atoms with Crippen LogP contribution in [0, 0.1) is 13.7 Å². The first-order chi connectivity index (χ1) is 14.4. The summed E-state index contributed by atoms with van der Waals surface area (Å²) < 4.78 is 11.6. The molecule has 2 aromatic rings. The van der Waals surface area contributed by atoms with Crippen LogP contribution in [0.4, 0.5) is 10.5 Å². The maximum atomic E-state index is 12.4. The van der Waals surface area contributed by atoms with Crippen LogP contribution in [0.1, 0.15) is 11.1 Å². The van der Waals surface area contributed by atoms with Crippen molar-refractivity contribution < 1.29 is 24.0 Å². The van der Waals surface area contributed by atoms with E-state index in [1.165, 1.54) is 24.1 Å². The zero-order chi connectivity index (χ0) is 21.7. The minimum Gasteiger partial charge on any atom is -0.488 e. The van der Waals surface area contributed by atoms with Crippen LogP contribution < -0.4 is 4.74 Å². The van der Waals surface area contributed by atoms with Gasteiger partial charge >= 0.3 is 0 Å². The summed E-state index contributed by atoms with van der Waals surface area (Å²) in [4.78, 5) is 36.2. The highest BCUT2D eigenvalue weighted by Crippen LogP contribution is 2.33. The van der Waals surface area contributed by atoms with Gasteiger partial charge in [-0.25, -0.2) is 0 Å². The Balaban J connectivity index is 1.66. The van der Waals surface area contributed by atoms with E-state index >= 15 is 0 Å². The van der Waals surface area contributed by atoms with E-state index in [0.29, 0.717) is 17.3 Å². The normalized spacial score (nSPS) is 15.1. The molecule has 1 aliphatic heterocycles. The molecule has 2 aromatic carbocycles. The Kier molecular flexibility index (Phi) is 7.45. The first-order valence-corrected chi connectivity index (χ1v) is 10.7. The van der Waals surface area contributed by atoms with Gasteiger partial charge in [0.1, 0.15) is 12.4 Å². The maximum absolute atomic E-state index is 12.4. The number of hydrogen-bond acceptors (Lipinski definition) is 7. The molecule has 8 nitrogen and oxygen atoms in total. The van der Waals surface area contributed by atoms with Crippen molar-refractivity contribution in [2.45, 2.75) is 6.61 Å². The number of carbonyl (C=O) groups is 2. The fraction of sp³-hybridized carbons (Fsp3) is 0.200. The number of carbonyl (C=O) groups excluding carboxylic acids is 2. The number of ether oxygens (including phenoxy) is 2. The molecule has 156 valence electrons. The second-order valence-corrected chi connectivity index (χ2v) is 8.38. The molecule has 0 aliphatic carbocycles. The summed E-state index contributed by atoms with van der Waals surface area (Å²) in [5, 5.41) is 10.4. The monoisotopic (exact) mass is 540 g/mol. The van der Waals surface area contributed by atoms with Crippen molar-refractivity contribution in [2.75, 3.05) is 20.3 Å². The number of amides is 2. The quantitative estimate of drug-likeness (QED) is 0.211. The molecule has 2 amide bonds. The summed E-state index contributed by atoms with van der Waals surface area (Å²) in [6.45, 7) is 0.793. The SMILES string of the molecule is COCCN1C(=O)S/C(=C/c2ccc(OCc3ccc([N+](=O)[O-])cc3)c(I)c2)C1=O. The summed E-state index contributed by atoms with van der Waals surface area (Å²) in [5.74, 6) is 0.329. The lowest BCUT2D eigenvalue weighted by molar-refractivity contribution is -0.384. The van der Waals surface area contributed by atoms with Gasteiger partial charge in [0, 0.05) is 19.2 Å². The smallest absolute Gasteiger partial charge is 0.293 e. The molecule has 1 fully saturated rings. The van der Waals surface area contributed by atoms with Crippen LogP contribution in [0.3, 0.4) is 0 Å². The van der Waals surface area contributed by atoms with Gasteiger partial charge in [0.05, 0.1) is 26.6 Å². The molecular formula is C20H17IN2O6S. The molecule has 0 N–H and O–H groups in total. The molecular weight excluding hydrogens is 523 g/mol. The van der Waals surface area contributed by atoms with E-state index < -0.39 is 4.92 Å². The Morgan fingerprint density at radius 3 is 2.57 bits per heavy atom. The lowest BCUT2D eigenvalue weighted by Gasteiger charge is -2.11. The van der Waals surface area contributed by atoms with E-state index in [2.05, 4.69) is 22.6 Å². The molecule has 3 rings (SSSR count). The van der Waals surface area contributed by atoms with Gasteiger partial charge in [-0.3, -0.25) is 24.6 Å². The number of hydrogen-bond donors (Lipinski definition) is 0. The third kappa shape index (κ3) is 5.37. The van der Waals surface area contributed by atoms with Crippen LogP contribution in [-0.2, 0) is 16.1 Å². The summed E-state index contributed by atoms with van der Waals surface area (Å²) in [6, 6.07) is 11.6. The van der Waals surface area contributed by atoms with E-state index in [4.69, 9.17) is 9.47 Å². The highest BCUT2D eigenvalue weighted by Gasteiger charge is 2.34. The van der Waals surface area contributed by atoms with Crippen molar-refractivity contribution in [1.82, 2.24) is 4.90 Å². The van der Waals surface area contributed by atoms with E-state index in [1.54, 1.807) is 30.3 Å². The summed E-state index contributed by atoms with van der Waals surface area (Å²) in [5.41, 5.74) is 1.62. The van der Waals surface area contributed by atoms with Crippen LogP contribution >= 0.6 is 34.4 Å². The fourth-order valence-electron chi connectivity index (χ4n) is 2.63. The number of halogens is 1. The Hall–Kier alpha value is -2.44. The van der Waals surface area contributed by atoms with Gasteiger partial charge in [0.15, 0.2) is 0 Å². The van der Waals surface area contributed by atoms with Crippen LogP contribution in [0.15, 0.2) is 47.4 Å². The zero-order valence-corrected chi connectivity index (χ0v) is 18.8. The summed E-state index contributed by atoms with van der Waals surface area (Å²) in [7, 11) is 1.52. The zero-order valence-electron chi connectivity index (χ0n) is 15.9. The molecule has 0 atom stereocenters. The van der Waals surface area contributed by atoms with Crippen molar-refractivity contribution >= 4 is 57.3 Å². The summed E-state index contributed by atoms with van der Waals surface area (Å²) in [6.07, 6.45) is 1.68. The minimum absolute atomic E-state index is 0.0318.